The summed E-state index contributed by atoms with van der Waals surface area (Å²) in [4.78, 5) is 3.97. The van der Waals surface area contributed by atoms with Gasteiger partial charge in [-0.25, -0.2) is 0 Å². The molecule has 1 aromatic carbocycles. The lowest BCUT2D eigenvalue weighted by atomic mass is 10.2. The van der Waals surface area contributed by atoms with Crippen molar-refractivity contribution in [2.45, 2.75) is 6.42 Å². The maximum absolute atomic E-state index is 4.93. The summed E-state index contributed by atoms with van der Waals surface area (Å²) < 4.78 is 9.29. The van der Waals surface area contributed by atoms with Crippen LogP contribution in [0.1, 0.15) is 5.89 Å². The number of benzene rings is 1. The molecule has 0 aliphatic rings. The molecule has 1 N–H and O–H groups in total. The summed E-state index contributed by atoms with van der Waals surface area (Å²) in [5, 5.41) is 9.14. The van der Waals surface area contributed by atoms with E-state index in [9.17, 15) is 0 Å². The summed E-state index contributed by atoms with van der Waals surface area (Å²) in [5.74, 6) is 0.645. The second kappa shape index (κ2) is 4.50. The third-order valence-corrected chi connectivity index (χ3v) is 3.25. The highest BCUT2D eigenvalue weighted by Gasteiger charge is 2.05. The zero-order chi connectivity index (χ0) is 11.5. The topological polar surface area (TPSA) is 63.8 Å². The average Bonchev–Trinajstić information content (AvgIpc) is 2.99. The average molecular weight is 246 g/mol. The van der Waals surface area contributed by atoms with Gasteiger partial charge in [-0.1, -0.05) is 17.3 Å². The fourth-order valence-corrected chi connectivity index (χ4v) is 2.39. The van der Waals surface area contributed by atoms with Gasteiger partial charge < -0.3 is 9.84 Å². The molecule has 0 atom stereocenters. The fraction of sp³-hybridized carbons (Fsp3) is 0.182. The van der Waals surface area contributed by atoms with Crippen LogP contribution in [-0.2, 0) is 6.42 Å². The van der Waals surface area contributed by atoms with Gasteiger partial charge in [0, 0.05) is 18.4 Å². The maximum Gasteiger partial charge on any atom is 0.228 e. The zero-order valence-corrected chi connectivity index (χ0v) is 9.78. The van der Waals surface area contributed by atoms with Crippen molar-refractivity contribution in [3.63, 3.8) is 0 Å². The van der Waals surface area contributed by atoms with Crippen LogP contribution < -0.4 is 5.32 Å². The Labute approximate surface area is 102 Å². The molecule has 6 heteroatoms. The highest BCUT2D eigenvalue weighted by molar-refractivity contribution is 7.11. The van der Waals surface area contributed by atoms with Crippen molar-refractivity contribution < 1.29 is 4.52 Å². The first-order valence-corrected chi connectivity index (χ1v) is 6.04. The minimum absolute atomic E-state index is 0.645. The fourth-order valence-electron chi connectivity index (χ4n) is 1.61. The molecule has 0 unspecified atom stereocenters. The van der Waals surface area contributed by atoms with Crippen LogP contribution in [0.25, 0.3) is 10.9 Å². The molecule has 0 aliphatic carbocycles. The van der Waals surface area contributed by atoms with Gasteiger partial charge in [0.15, 0.2) is 6.33 Å². The van der Waals surface area contributed by atoms with E-state index < -0.39 is 0 Å². The van der Waals surface area contributed by atoms with Crippen LogP contribution in [0, 0.1) is 0 Å². The standard InChI is InChI=1S/C11H10N4OS/c1-2-4-9-8(3-1)11(17-15-9)12-6-5-10-13-7-14-16-10/h1-4,7,12H,5-6H2. The van der Waals surface area contributed by atoms with Crippen LogP contribution in [0.2, 0.25) is 0 Å². The first kappa shape index (κ1) is 10.2. The number of nitrogens with zero attached hydrogens (tertiary/aromatic N) is 3. The van der Waals surface area contributed by atoms with Gasteiger partial charge in [0.2, 0.25) is 5.89 Å². The Morgan fingerprint density at radius 2 is 2.24 bits per heavy atom. The summed E-state index contributed by atoms with van der Waals surface area (Å²) in [6, 6.07) is 8.08. The molecule has 17 heavy (non-hydrogen) atoms. The number of hydrogen-bond donors (Lipinski definition) is 1. The number of hydrogen-bond acceptors (Lipinski definition) is 6. The van der Waals surface area contributed by atoms with E-state index in [0.717, 1.165) is 22.4 Å². The Bertz CT molecular complexity index is 605. The molecule has 0 saturated carbocycles. The number of nitrogens with one attached hydrogen (secondary N) is 1. The van der Waals surface area contributed by atoms with E-state index in [2.05, 4.69) is 25.9 Å². The van der Waals surface area contributed by atoms with Gasteiger partial charge >= 0.3 is 0 Å². The molecule has 5 nitrogen and oxygen atoms in total. The number of fused-ring (bicyclic) bond motifs is 1. The maximum atomic E-state index is 4.93. The Balaban J connectivity index is 1.69. The summed E-state index contributed by atoms with van der Waals surface area (Å²) in [6.07, 6.45) is 2.13. The number of rotatable bonds is 4. The van der Waals surface area contributed by atoms with E-state index in [1.165, 1.54) is 17.9 Å². The minimum atomic E-state index is 0.645. The highest BCUT2D eigenvalue weighted by Crippen LogP contribution is 2.26. The largest absolute Gasteiger partial charge is 0.375 e. The van der Waals surface area contributed by atoms with Crippen molar-refractivity contribution >= 4 is 27.4 Å². The molecule has 3 rings (SSSR count). The smallest absolute Gasteiger partial charge is 0.228 e. The van der Waals surface area contributed by atoms with Crippen LogP contribution in [0.5, 0.6) is 0 Å². The number of aromatic nitrogens is 3. The van der Waals surface area contributed by atoms with Crippen molar-refractivity contribution in [1.29, 1.82) is 0 Å². The first-order valence-electron chi connectivity index (χ1n) is 5.27. The molecule has 86 valence electrons. The third kappa shape index (κ3) is 2.12. The molecule has 0 saturated heterocycles. The highest BCUT2D eigenvalue weighted by atomic mass is 32.1. The van der Waals surface area contributed by atoms with E-state index in [1.54, 1.807) is 0 Å². The first-order chi connectivity index (χ1) is 8.43. The van der Waals surface area contributed by atoms with Crippen molar-refractivity contribution in [3.05, 3.63) is 36.5 Å². The van der Waals surface area contributed by atoms with Crippen LogP contribution in [0.15, 0.2) is 35.1 Å². The van der Waals surface area contributed by atoms with E-state index in [4.69, 9.17) is 4.52 Å². The molecule has 2 aromatic heterocycles. The van der Waals surface area contributed by atoms with Crippen LogP contribution >= 0.6 is 11.5 Å². The molecule has 0 amide bonds. The van der Waals surface area contributed by atoms with Gasteiger partial charge in [0.25, 0.3) is 0 Å². The van der Waals surface area contributed by atoms with Gasteiger partial charge in [-0.05, 0) is 23.7 Å². The van der Waals surface area contributed by atoms with Crippen molar-refractivity contribution in [1.82, 2.24) is 14.5 Å². The quantitative estimate of drug-likeness (QED) is 0.765. The van der Waals surface area contributed by atoms with Gasteiger partial charge in [0.1, 0.15) is 5.00 Å². The molecule has 3 aromatic rings. The number of anilines is 1. The molecule has 0 spiro atoms. The van der Waals surface area contributed by atoms with E-state index >= 15 is 0 Å². The van der Waals surface area contributed by atoms with Gasteiger partial charge in [-0.2, -0.15) is 9.36 Å². The minimum Gasteiger partial charge on any atom is -0.375 e. The van der Waals surface area contributed by atoms with Crippen LogP contribution in [-0.4, -0.2) is 21.1 Å². The van der Waals surface area contributed by atoms with E-state index in [-0.39, 0.29) is 0 Å². The second-order valence-corrected chi connectivity index (χ2v) is 4.31. The Hall–Kier alpha value is -1.95. The van der Waals surface area contributed by atoms with Gasteiger partial charge in [-0.3, -0.25) is 0 Å². The van der Waals surface area contributed by atoms with Gasteiger partial charge in [0.05, 0.1) is 5.52 Å². The lowest BCUT2D eigenvalue weighted by Crippen LogP contribution is -2.03. The molecule has 0 radical (unpaired) electrons. The van der Waals surface area contributed by atoms with Crippen molar-refractivity contribution in [2.24, 2.45) is 0 Å². The Morgan fingerprint density at radius 3 is 3.12 bits per heavy atom. The monoisotopic (exact) mass is 246 g/mol. The van der Waals surface area contributed by atoms with Crippen molar-refractivity contribution in [3.8, 4) is 0 Å². The molecular weight excluding hydrogens is 236 g/mol. The second-order valence-electron chi connectivity index (χ2n) is 3.54. The predicted octanol–water partition coefficient (Wildman–Crippen LogP) is 2.33. The van der Waals surface area contributed by atoms with Crippen LogP contribution in [0.4, 0.5) is 5.00 Å². The predicted molar refractivity (Wildman–Crippen MR) is 66.1 cm³/mol. The van der Waals surface area contributed by atoms with Crippen molar-refractivity contribution in [2.75, 3.05) is 11.9 Å². The molecular formula is C11H10N4OS. The Morgan fingerprint density at radius 1 is 1.29 bits per heavy atom. The molecule has 0 aliphatic heterocycles. The zero-order valence-electron chi connectivity index (χ0n) is 8.96. The van der Waals surface area contributed by atoms with Crippen LogP contribution in [0.3, 0.4) is 0 Å². The summed E-state index contributed by atoms with van der Waals surface area (Å²) >= 11 is 1.47. The Kier molecular flexibility index (Phi) is 2.71. The third-order valence-electron chi connectivity index (χ3n) is 2.42. The SMILES string of the molecule is c1ccc2c(NCCc3ncno3)snc2c1. The summed E-state index contributed by atoms with van der Waals surface area (Å²) in [6.45, 7) is 0.758. The molecule has 0 bridgehead atoms. The van der Waals surface area contributed by atoms with E-state index in [1.807, 2.05) is 18.2 Å². The summed E-state index contributed by atoms with van der Waals surface area (Å²) in [7, 11) is 0. The molecule has 2 heterocycles. The lowest BCUT2D eigenvalue weighted by Gasteiger charge is -2.00. The molecule has 0 fully saturated rings. The summed E-state index contributed by atoms with van der Waals surface area (Å²) in [5.41, 5.74) is 1.03. The van der Waals surface area contributed by atoms with Gasteiger partial charge in [-0.15, -0.1) is 0 Å². The lowest BCUT2D eigenvalue weighted by molar-refractivity contribution is 0.380. The normalized spacial score (nSPS) is 10.8. The van der Waals surface area contributed by atoms with E-state index in [0.29, 0.717) is 12.3 Å².